The van der Waals surface area contributed by atoms with Crippen LogP contribution in [0, 0.1) is 5.92 Å². The molecule has 0 unspecified atom stereocenters. The van der Waals surface area contributed by atoms with E-state index in [4.69, 9.17) is 0 Å². The Labute approximate surface area is 83.3 Å². The Hall–Kier alpha value is -1.45. The Kier molecular flexibility index (Phi) is 3.56. The van der Waals surface area contributed by atoms with Crippen LogP contribution in [0.25, 0.3) is 0 Å². The van der Waals surface area contributed by atoms with Crippen LogP contribution in [0.1, 0.15) is 30.2 Å². The Balaban J connectivity index is 2.84. The molecule has 0 bridgehead atoms. The van der Waals surface area contributed by atoms with Crippen molar-refractivity contribution in [3.63, 3.8) is 0 Å². The summed E-state index contributed by atoms with van der Waals surface area (Å²) >= 11 is 0. The number of aromatic nitrogens is 2. The Morgan fingerprint density at radius 3 is 2.86 bits per heavy atom. The highest BCUT2D eigenvalue weighted by molar-refractivity contribution is 5.84. The number of hydrogen-bond acceptors (Lipinski definition) is 4. The van der Waals surface area contributed by atoms with Crippen molar-refractivity contribution in [2.24, 2.45) is 5.92 Å². The van der Waals surface area contributed by atoms with Gasteiger partial charge in [0.15, 0.2) is 0 Å². The fourth-order valence-corrected chi connectivity index (χ4v) is 1.12. The summed E-state index contributed by atoms with van der Waals surface area (Å²) in [4.78, 5) is 19.0. The second kappa shape index (κ2) is 4.69. The Morgan fingerprint density at radius 2 is 2.29 bits per heavy atom. The molecule has 1 rings (SSSR count). The molecule has 0 saturated heterocycles. The number of nitrogens with zero attached hydrogens (tertiary/aromatic N) is 2. The molecule has 0 N–H and O–H groups in total. The molecule has 0 radical (unpaired) electrons. The molecule has 1 heterocycles. The highest BCUT2D eigenvalue weighted by atomic mass is 16.5. The molecule has 0 aliphatic heterocycles. The van der Waals surface area contributed by atoms with Gasteiger partial charge in [-0.3, -0.25) is 0 Å². The van der Waals surface area contributed by atoms with Crippen molar-refractivity contribution in [2.45, 2.75) is 20.3 Å². The van der Waals surface area contributed by atoms with Gasteiger partial charge in [-0.25, -0.2) is 14.8 Å². The van der Waals surface area contributed by atoms with Gasteiger partial charge in [-0.15, -0.1) is 0 Å². The van der Waals surface area contributed by atoms with E-state index in [0.29, 0.717) is 5.92 Å². The molecule has 1 aromatic rings. The minimum atomic E-state index is -0.490. The van der Waals surface area contributed by atoms with Gasteiger partial charge < -0.3 is 4.74 Å². The van der Waals surface area contributed by atoms with Gasteiger partial charge in [0, 0.05) is 11.9 Å². The summed E-state index contributed by atoms with van der Waals surface area (Å²) in [5.74, 6) is 0.150. The number of esters is 1. The fourth-order valence-electron chi connectivity index (χ4n) is 1.12. The van der Waals surface area contributed by atoms with Crippen LogP contribution in [0.15, 0.2) is 12.3 Å². The van der Waals surface area contributed by atoms with E-state index < -0.39 is 5.97 Å². The Bertz CT molecular complexity index is 324. The third-order valence-corrected chi connectivity index (χ3v) is 1.70. The predicted molar refractivity (Wildman–Crippen MR) is 51.9 cm³/mol. The average Bonchev–Trinajstić information content (AvgIpc) is 2.16. The third kappa shape index (κ3) is 2.80. The van der Waals surface area contributed by atoms with Crippen LogP contribution in [0.3, 0.4) is 0 Å². The predicted octanol–water partition coefficient (Wildman–Crippen LogP) is 1.46. The minimum Gasteiger partial charge on any atom is -0.463 e. The van der Waals surface area contributed by atoms with Crippen molar-refractivity contribution in [1.29, 1.82) is 0 Å². The van der Waals surface area contributed by atoms with E-state index in [1.807, 2.05) is 6.07 Å². The second-order valence-corrected chi connectivity index (χ2v) is 3.46. The van der Waals surface area contributed by atoms with Crippen molar-refractivity contribution >= 4 is 5.97 Å². The van der Waals surface area contributed by atoms with E-state index in [9.17, 15) is 4.79 Å². The van der Waals surface area contributed by atoms with Crippen molar-refractivity contribution in [3.8, 4) is 0 Å². The summed E-state index contributed by atoms with van der Waals surface area (Å²) < 4.78 is 4.53. The molecule has 0 spiro atoms. The lowest BCUT2D eigenvalue weighted by Gasteiger charge is -2.04. The molecule has 0 aliphatic carbocycles. The highest BCUT2D eigenvalue weighted by Crippen LogP contribution is 2.04. The van der Waals surface area contributed by atoms with Crippen LogP contribution in [0.4, 0.5) is 0 Å². The molecular formula is C10H14N2O2. The molecule has 1 aromatic heterocycles. The molecule has 0 atom stereocenters. The minimum absolute atomic E-state index is 0.130. The zero-order valence-electron chi connectivity index (χ0n) is 8.65. The Morgan fingerprint density at radius 1 is 1.57 bits per heavy atom. The maximum Gasteiger partial charge on any atom is 0.376 e. The molecule has 0 aliphatic rings. The molecule has 76 valence electrons. The summed E-state index contributed by atoms with van der Waals surface area (Å²) in [6.45, 7) is 4.19. The van der Waals surface area contributed by atoms with Crippen molar-refractivity contribution < 1.29 is 9.53 Å². The fraction of sp³-hybridized carbons (Fsp3) is 0.500. The summed E-state index contributed by atoms with van der Waals surface area (Å²) in [6, 6.07) is 1.81. The van der Waals surface area contributed by atoms with Crippen LogP contribution >= 0.6 is 0 Å². The number of methoxy groups -OCH3 is 1. The average molecular weight is 194 g/mol. The standard InChI is InChI=1S/C10H14N2O2/c1-7(2)6-8-4-5-11-9(12-8)10(13)14-3/h4-5,7H,6H2,1-3H3. The van der Waals surface area contributed by atoms with Crippen LogP contribution in [0.2, 0.25) is 0 Å². The monoisotopic (exact) mass is 194 g/mol. The van der Waals surface area contributed by atoms with Crippen molar-refractivity contribution in [1.82, 2.24) is 9.97 Å². The van der Waals surface area contributed by atoms with Crippen LogP contribution in [0.5, 0.6) is 0 Å². The molecular weight excluding hydrogens is 180 g/mol. The molecule has 0 saturated carbocycles. The maximum absolute atomic E-state index is 11.1. The number of carbonyl (C=O) groups is 1. The lowest BCUT2D eigenvalue weighted by molar-refractivity contribution is 0.0586. The first-order chi connectivity index (χ1) is 6.63. The van der Waals surface area contributed by atoms with E-state index in [-0.39, 0.29) is 5.82 Å². The second-order valence-electron chi connectivity index (χ2n) is 3.46. The van der Waals surface area contributed by atoms with Gasteiger partial charge in [-0.2, -0.15) is 0 Å². The maximum atomic E-state index is 11.1. The van der Waals surface area contributed by atoms with Crippen molar-refractivity contribution in [3.05, 3.63) is 23.8 Å². The SMILES string of the molecule is COC(=O)c1nccc(CC(C)C)n1. The third-order valence-electron chi connectivity index (χ3n) is 1.70. The number of rotatable bonds is 3. The number of carbonyl (C=O) groups excluding carboxylic acids is 1. The van der Waals surface area contributed by atoms with Crippen LogP contribution in [-0.2, 0) is 11.2 Å². The van der Waals surface area contributed by atoms with Gasteiger partial charge in [-0.05, 0) is 18.4 Å². The van der Waals surface area contributed by atoms with Crippen LogP contribution < -0.4 is 0 Å². The molecule has 0 aromatic carbocycles. The molecule has 4 nitrogen and oxygen atoms in total. The van der Waals surface area contributed by atoms with Gasteiger partial charge in [-0.1, -0.05) is 13.8 Å². The van der Waals surface area contributed by atoms with Crippen LogP contribution in [-0.4, -0.2) is 23.0 Å². The summed E-state index contributed by atoms with van der Waals surface area (Å²) in [5, 5.41) is 0. The van der Waals surface area contributed by atoms with E-state index in [1.165, 1.54) is 7.11 Å². The largest absolute Gasteiger partial charge is 0.463 e. The zero-order valence-corrected chi connectivity index (χ0v) is 8.65. The lowest BCUT2D eigenvalue weighted by atomic mass is 10.1. The van der Waals surface area contributed by atoms with E-state index >= 15 is 0 Å². The van der Waals surface area contributed by atoms with Crippen molar-refractivity contribution in [2.75, 3.05) is 7.11 Å². The topological polar surface area (TPSA) is 52.1 Å². The lowest BCUT2D eigenvalue weighted by Crippen LogP contribution is -2.09. The first-order valence-corrected chi connectivity index (χ1v) is 4.53. The van der Waals surface area contributed by atoms with E-state index in [0.717, 1.165) is 12.1 Å². The number of ether oxygens (including phenoxy) is 1. The van der Waals surface area contributed by atoms with Gasteiger partial charge in [0.25, 0.3) is 0 Å². The van der Waals surface area contributed by atoms with Gasteiger partial charge in [0.05, 0.1) is 7.11 Å². The molecule has 4 heteroatoms. The van der Waals surface area contributed by atoms with Gasteiger partial charge >= 0.3 is 5.97 Å². The van der Waals surface area contributed by atoms with E-state index in [1.54, 1.807) is 6.20 Å². The van der Waals surface area contributed by atoms with E-state index in [2.05, 4.69) is 28.6 Å². The molecule has 0 fully saturated rings. The summed E-state index contributed by atoms with van der Waals surface area (Å²) in [6.07, 6.45) is 2.42. The summed E-state index contributed by atoms with van der Waals surface area (Å²) in [7, 11) is 1.32. The van der Waals surface area contributed by atoms with Gasteiger partial charge in [0.1, 0.15) is 0 Å². The quantitative estimate of drug-likeness (QED) is 0.683. The zero-order chi connectivity index (χ0) is 10.6. The first kappa shape index (κ1) is 10.6. The smallest absolute Gasteiger partial charge is 0.376 e. The first-order valence-electron chi connectivity index (χ1n) is 4.53. The highest BCUT2D eigenvalue weighted by Gasteiger charge is 2.09. The normalized spacial score (nSPS) is 10.3. The number of hydrogen-bond donors (Lipinski definition) is 0. The van der Waals surface area contributed by atoms with Gasteiger partial charge in [0.2, 0.25) is 5.82 Å². The molecule has 14 heavy (non-hydrogen) atoms. The molecule has 0 amide bonds. The summed E-state index contributed by atoms with van der Waals surface area (Å²) in [5.41, 5.74) is 0.871.